The third kappa shape index (κ3) is 3.42. The summed E-state index contributed by atoms with van der Waals surface area (Å²) in [5.41, 5.74) is 12.4. The van der Waals surface area contributed by atoms with Gasteiger partial charge in [0.1, 0.15) is 18.6 Å². The Kier molecular flexibility index (Phi) is 6.85. The van der Waals surface area contributed by atoms with Gasteiger partial charge in [-0.2, -0.15) is 0 Å². The standard InChI is InChI=1S/C9H14N6O.2ClH/c1-6(2-10)16-5-15-4-14-7-8(11)12-3-13-9(7)15;;/h3-4,6H,2,5,10H2,1H3,(H2,11,12,13);2*1H. The van der Waals surface area contributed by atoms with Gasteiger partial charge in [-0.05, 0) is 6.92 Å². The summed E-state index contributed by atoms with van der Waals surface area (Å²) in [6.07, 6.45) is 3.03. The lowest BCUT2D eigenvalue weighted by molar-refractivity contribution is 0.0248. The third-order valence-corrected chi connectivity index (χ3v) is 2.26. The molecule has 0 aliphatic rings. The van der Waals surface area contributed by atoms with Crippen LogP contribution >= 0.6 is 24.8 Å². The van der Waals surface area contributed by atoms with E-state index in [0.29, 0.717) is 30.3 Å². The maximum atomic E-state index is 5.66. The molecular weight excluding hydrogens is 279 g/mol. The molecule has 1 unspecified atom stereocenters. The molecule has 2 heterocycles. The zero-order valence-corrected chi connectivity index (χ0v) is 11.4. The third-order valence-electron chi connectivity index (χ3n) is 2.26. The van der Waals surface area contributed by atoms with Crippen molar-refractivity contribution in [3.8, 4) is 0 Å². The summed E-state index contributed by atoms with van der Waals surface area (Å²) in [7, 11) is 0. The van der Waals surface area contributed by atoms with Crippen molar-refractivity contribution in [2.24, 2.45) is 5.73 Å². The van der Waals surface area contributed by atoms with Crippen molar-refractivity contribution in [2.45, 2.75) is 19.8 Å². The fourth-order valence-corrected chi connectivity index (χ4v) is 1.27. The van der Waals surface area contributed by atoms with Crippen molar-refractivity contribution in [1.29, 1.82) is 0 Å². The van der Waals surface area contributed by atoms with Gasteiger partial charge in [-0.1, -0.05) is 0 Å². The summed E-state index contributed by atoms with van der Waals surface area (Å²) < 4.78 is 7.24. The number of halogens is 2. The van der Waals surface area contributed by atoms with Crippen molar-refractivity contribution < 1.29 is 4.74 Å². The van der Waals surface area contributed by atoms with Gasteiger partial charge in [0.2, 0.25) is 0 Å². The molecule has 0 fully saturated rings. The summed E-state index contributed by atoms with van der Waals surface area (Å²) in [6.45, 7) is 2.73. The van der Waals surface area contributed by atoms with Gasteiger partial charge >= 0.3 is 0 Å². The van der Waals surface area contributed by atoms with Gasteiger partial charge < -0.3 is 16.2 Å². The van der Waals surface area contributed by atoms with E-state index in [1.54, 1.807) is 10.9 Å². The molecule has 2 rings (SSSR count). The summed E-state index contributed by atoms with van der Waals surface area (Å²) >= 11 is 0. The van der Waals surface area contributed by atoms with Gasteiger partial charge in [0.15, 0.2) is 11.5 Å². The number of anilines is 1. The zero-order chi connectivity index (χ0) is 11.5. The van der Waals surface area contributed by atoms with Crippen LogP contribution in [0.15, 0.2) is 12.7 Å². The van der Waals surface area contributed by atoms with Crippen LogP contribution in [0.25, 0.3) is 11.2 Å². The second-order valence-corrected chi connectivity index (χ2v) is 3.49. The molecule has 7 nitrogen and oxygen atoms in total. The lowest BCUT2D eigenvalue weighted by atomic mass is 10.4. The molecule has 0 radical (unpaired) electrons. The molecule has 0 aliphatic carbocycles. The lowest BCUT2D eigenvalue weighted by Gasteiger charge is -2.10. The summed E-state index contributed by atoms with van der Waals surface area (Å²) in [4.78, 5) is 12.1. The first-order chi connectivity index (χ1) is 7.72. The van der Waals surface area contributed by atoms with Crippen LogP contribution in [0.3, 0.4) is 0 Å². The Bertz CT molecular complexity index is 491. The molecule has 0 amide bonds. The number of fused-ring (bicyclic) bond motifs is 1. The van der Waals surface area contributed by atoms with Gasteiger partial charge in [0, 0.05) is 6.54 Å². The number of hydrogen-bond donors (Lipinski definition) is 2. The Morgan fingerprint density at radius 1 is 1.33 bits per heavy atom. The topological polar surface area (TPSA) is 105 Å². The van der Waals surface area contributed by atoms with Crippen LogP contribution < -0.4 is 11.5 Å². The first-order valence-electron chi connectivity index (χ1n) is 4.95. The number of hydrogen-bond acceptors (Lipinski definition) is 6. The lowest BCUT2D eigenvalue weighted by Crippen LogP contribution is -2.21. The minimum atomic E-state index is -0.00312. The van der Waals surface area contributed by atoms with Gasteiger partial charge in [-0.15, -0.1) is 24.8 Å². The molecule has 0 saturated carbocycles. The smallest absolute Gasteiger partial charge is 0.167 e. The average molecular weight is 295 g/mol. The molecule has 18 heavy (non-hydrogen) atoms. The second-order valence-electron chi connectivity index (χ2n) is 3.49. The molecule has 2 aromatic rings. The molecule has 102 valence electrons. The highest BCUT2D eigenvalue weighted by molar-refractivity contribution is 5.85. The van der Waals surface area contributed by atoms with Crippen LogP contribution in [0.5, 0.6) is 0 Å². The molecular formula is C9H16Cl2N6O. The SMILES string of the molecule is CC(CN)OCn1cnc2c(N)ncnc21.Cl.Cl. The molecule has 0 bridgehead atoms. The number of nitrogens with two attached hydrogens (primary N) is 2. The fourth-order valence-electron chi connectivity index (χ4n) is 1.27. The predicted octanol–water partition coefficient (Wildman–Crippen LogP) is 0.573. The highest BCUT2D eigenvalue weighted by atomic mass is 35.5. The predicted molar refractivity (Wildman–Crippen MR) is 73.8 cm³/mol. The van der Waals surface area contributed by atoms with Crippen LogP contribution in [0, 0.1) is 0 Å². The van der Waals surface area contributed by atoms with Gasteiger partial charge in [-0.25, -0.2) is 15.0 Å². The number of nitrogens with zero attached hydrogens (tertiary/aromatic N) is 4. The van der Waals surface area contributed by atoms with E-state index < -0.39 is 0 Å². The van der Waals surface area contributed by atoms with E-state index >= 15 is 0 Å². The first-order valence-corrected chi connectivity index (χ1v) is 4.95. The molecule has 2 aromatic heterocycles. The number of ether oxygens (including phenoxy) is 1. The largest absolute Gasteiger partial charge is 0.382 e. The maximum Gasteiger partial charge on any atom is 0.167 e. The number of aromatic nitrogens is 4. The van der Waals surface area contributed by atoms with Gasteiger partial charge in [0.25, 0.3) is 0 Å². The van der Waals surface area contributed by atoms with Crippen molar-refractivity contribution in [3.63, 3.8) is 0 Å². The summed E-state index contributed by atoms with van der Waals surface area (Å²) in [5.74, 6) is 0.371. The van der Waals surface area contributed by atoms with E-state index in [2.05, 4.69) is 15.0 Å². The highest BCUT2D eigenvalue weighted by Crippen LogP contribution is 2.14. The van der Waals surface area contributed by atoms with Crippen LogP contribution in [0.1, 0.15) is 6.92 Å². The maximum absolute atomic E-state index is 5.66. The molecule has 1 atom stereocenters. The molecule has 0 spiro atoms. The number of nitrogen functional groups attached to an aromatic ring is 1. The fraction of sp³-hybridized carbons (Fsp3) is 0.444. The Labute approximate surface area is 117 Å². The van der Waals surface area contributed by atoms with Crippen molar-refractivity contribution in [3.05, 3.63) is 12.7 Å². The summed E-state index contributed by atoms with van der Waals surface area (Å²) in [5, 5.41) is 0. The first kappa shape index (κ1) is 16.9. The molecule has 4 N–H and O–H groups in total. The molecule has 0 aliphatic heterocycles. The van der Waals surface area contributed by atoms with Crippen molar-refractivity contribution in [2.75, 3.05) is 12.3 Å². The van der Waals surface area contributed by atoms with E-state index in [1.807, 2.05) is 6.92 Å². The Morgan fingerprint density at radius 3 is 2.72 bits per heavy atom. The van der Waals surface area contributed by atoms with E-state index in [0.717, 1.165) is 0 Å². The molecule has 9 heteroatoms. The minimum absolute atomic E-state index is 0. The van der Waals surface area contributed by atoms with Gasteiger partial charge in [0.05, 0.1) is 12.4 Å². The van der Waals surface area contributed by atoms with Crippen LogP contribution in [-0.4, -0.2) is 32.2 Å². The van der Waals surface area contributed by atoms with E-state index in [1.165, 1.54) is 6.33 Å². The van der Waals surface area contributed by atoms with E-state index in [4.69, 9.17) is 16.2 Å². The Balaban J connectivity index is 0.00000144. The number of rotatable bonds is 4. The van der Waals surface area contributed by atoms with E-state index in [9.17, 15) is 0 Å². The number of imidazole rings is 1. The monoisotopic (exact) mass is 294 g/mol. The van der Waals surface area contributed by atoms with E-state index in [-0.39, 0.29) is 30.9 Å². The van der Waals surface area contributed by atoms with Crippen LogP contribution in [0.4, 0.5) is 5.82 Å². The normalized spacial score (nSPS) is 11.7. The van der Waals surface area contributed by atoms with Crippen LogP contribution in [0.2, 0.25) is 0 Å². The highest BCUT2D eigenvalue weighted by Gasteiger charge is 2.08. The minimum Gasteiger partial charge on any atom is -0.382 e. The zero-order valence-electron chi connectivity index (χ0n) is 9.81. The van der Waals surface area contributed by atoms with Crippen molar-refractivity contribution >= 4 is 41.8 Å². The second kappa shape index (κ2) is 7.32. The Morgan fingerprint density at radius 2 is 2.06 bits per heavy atom. The average Bonchev–Trinajstić information content (AvgIpc) is 2.70. The molecule has 0 saturated heterocycles. The summed E-state index contributed by atoms with van der Waals surface area (Å²) in [6, 6.07) is 0. The quantitative estimate of drug-likeness (QED) is 0.854. The Hall–Kier alpha value is -1.15. The van der Waals surface area contributed by atoms with Crippen molar-refractivity contribution in [1.82, 2.24) is 19.5 Å². The molecule has 0 aromatic carbocycles. The van der Waals surface area contributed by atoms with Gasteiger partial charge in [-0.3, -0.25) is 4.57 Å². The van der Waals surface area contributed by atoms with Crippen LogP contribution in [-0.2, 0) is 11.5 Å².